The van der Waals surface area contributed by atoms with Crippen LogP contribution in [0.15, 0.2) is 12.1 Å². The van der Waals surface area contributed by atoms with Gasteiger partial charge >= 0.3 is 5.97 Å². The van der Waals surface area contributed by atoms with Crippen molar-refractivity contribution in [3.05, 3.63) is 28.3 Å². The molecule has 0 saturated heterocycles. The quantitative estimate of drug-likeness (QED) is 0.749. The van der Waals surface area contributed by atoms with E-state index in [0.29, 0.717) is 22.6 Å². The van der Waals surface area contributed by atoms with Crippen LogP contribution < -0.4 is 5.73 Å². The molecule has 1 aromatic carbocycles. The van der Waals surface area contributed by atoms with Gasteiger partial charge in [-0.2, -0.15) is 0 Å². The number of phenols is 1. The van der Waals surface area contributed by atoms with E-state index in [1.165, 1.54) is 0 Å². The van der Waals surface area contributed by atoms with Crippen LogP contribution >= 0.6 is 11.6 Å². The molecule has 0 heterocycles. The molecule has 0 fully saturated rings. The van der Waals surface area contributed by atoms with E-state index in [2.05, 4.69) is 0 Å². The summed E-state index contributed by atoms with van der Waals surface area (Å²) in [5.74, 6) is -1.01. The minimum Gasteiger partial charge on any atom is -0.507 e. The van der Waals surface area contributed by atoms with Gasteiger partial charge in [-0.1, -0.05) is 18.5 Å². The molecule has 0 spiro atoms. The summed E-state index contributed by atoms with van der Waals surface area (Å²) in [6.45, 7) is 1.88. The van der Waals surface area contributed by atoms with E-state index >= 15 is 0 Å². The minimum atomic E-state index is -1.10. The molecule has 1 unspecified atom stereocenters. The summed E-state index contributed by atoms with van der Waals surface area (Å²) in [5, 5.41) is 19.0. The molecule has 0 aliphatic carbocycles. The van der Waals surface area contributed by atoms with Crippen LogP contribution in [-0.4, -0.2) is 22.2 Å². The third kappa shape index (κ3) is 2.87. The van der Waals surface area contributed by atoms with Gasteiger partial charge in [-0.05, 0) is 29.7 Å². The molecule has 4 N–H and O–H groups in total. The Morgan fingerprint density at radius 1 is 1.50 bits per heavy atom. The molecule has 0 aromatic heterocycles. The second-order valence-corrected chi connectivity index (χ2v) is 4.01. The van der Waals surface area contributed by atoms with Crippen molar-refractivity contribution >= 4 is 17.6 Å². The van der Waals surface area contributed by atoms with Gasteiger partial charge in [0.2, 0.25) is 0 Å². The Labute approximate surface area is 98.6 Å². The van der Waals surface area contributed by atoms with Crippen LogP contribution in [0.1, 0.15) is 18.1 Å². The summed E-state index contributed by atoms with van der Waals surface area (Å²) in [7, 11) is 0. The number of aryl methyl sites for hydroxylation is 1. The van der Waals surface area contributed by atoms with E-state index in [4.69, 9.17) is 22.4 Å². The normalized spacial score (nSPS) is 12.4. The molecule has 4 nitrogen and oxygen atoms in total. The summed E-state index contributed by atoms with van der Waals surface area (Å²) in [6, 6.07) is 2.17. The number of carboxylic acid groups (broad SMARTS) is 1. The Kier molecular flexibility index (Phi) is 4.15. The fraction of sp³-hybridized carbons (Fsp3) is 0.364. The van der Waals surface area contributed by atoms with Crippen LogP contribution in [0.5, 0.6) is 5.75 Å². The fourth-order valence-corrected chi connectivity index (χ4v) is 1.73. The number of phenolic OH excluding ortho intramolecular Hbond substituents is 1. The molecule has 0 aliphatic rings. The van der Waals surface area contributed by atoms with Crippen LogP contribution in [0.25, 0.3) is 0 Å². The van der Waals surface area contributed by atoms with Gasteiger partial charge < -0.3 is 15.9 Å². The number of nitrogens with two attached hydrogens (primary N) is 1. The van der Waals surface area contributed by atoms with Crippen molar-refractivity contribution in [1.29, 1.82) is 0 Å². The monoisotopic (exact) mass is 243 g/mol. The first-order valence-corrected chi connectivity index (χ1v) is 5.32. The van der Waals surface area contributed by atoms with Crippen LogP contribution in [0.2, 0.25) is 5.02 Å². The Morgan fingerprint density at radius 2 is 2.06 bits per heavy atom. The summed E-state index contributed by atoms with van der Waals surface area (Å²) in [4.78, 5) is 10.6. The lowest BCUT2D eigenvalue weighted by Gasteiger charge is -2.11. The van der Waals surface area contributed by atoms with Crippen LogP contribution in [0, 0.1) is 0 Å². The van der Waals surface area contributed by atoms with Gasteiger partial charge in [0.05, 0.1) is 0 Å². The van der Waals surface area contributed by atoms with E-state index in [1.54, 1.807) is 12.1 Å². The lowest BCUT2D eigenvalue weighted by molar-refractivity contribution is -0.138. The number of rotatable bonds is 4. The first-order valence-electron chi connectivity index (χ1n) is 4.94. The van der Waals surface area contributed by atoms with Gasteiger partial charge in [-0.15, -0.1) is 0 Å². The molecule has 0 amide bonds. The maximum atomic E-state index is 10.6. The molecular formula is C11H14ClNO3. The molecule has 0 radical (unpaired) electrons. The van der Waals surface area contributed by atoms with Crippen molar-refractivity contribution in [3.8, 4) is 5.75 Å². The SMILES string of the molecule is CCc1cc(Cl)cc(CC(N)C(=O)O)c1O. The molecule has 1 aromatic rings. The average Bonchev–Trinajstić information content (AvgIpc) is 2.22. The number of carboxylic acids is 1. The molecule has 0 bridgehead atoms. The molecule has 88 valence electrons. The average molecular weight is 244 g/mol. The predicted molar refractivity (Wildman–Crippen MR) is 61.8 cm³/mol. The zero-order chi connectivity index (χ0) is 12.3. The molecule has 1 atom stereocenters. The van der Waals surface area contributed by atoms with Crippen molar-refractivity contribution in [1.82, 2.24) is 0 Å². The smallest absolute Gasteiger partial charge is 0.320 e. The topological polar surface area (TPSA) is 83.6 Å². The standard InChI is InChI=1S/C11H14ClNO3/c1-2-6-3-8(12)4-7(10(6)14)5-9(13)11(15)16/h3-4,9,14H,2,5,13H2,1H3,(H,15,16). The first-order chi connectivity index (χ1) is 7.45. The number of hydrogen-bond donors (Lipinski definition) is 3. The molecule has 16 heavy (non-hydrogen) atoms. The Balaban J connectivity index is 3.04. The second kappa shape index (κ2) is 5.18. The van der Waals surface area contributed by atoms with Crippen molar-refractivity contribution in [2.45, 2.75) is 25.8 Å². The van der Waals surface area contributed by atoms with Gasteiger partial charge in [0, 0.05) is 11.4 Å². The fourth-order valence-electron chi connectivity index (χ4n) is 1.47. The number of aromatic hydroxyl groups is 1. The maximum Gasteiger partial charge on any atom is 0.320 e. The highest BCUT2D eigenvalue weighted by molar-refractivity contribution is 6.30. The van der Waals surface area contributed by atoms with E-state index in [0.717, 1.165) is 0 Å². The van der Waals surface area contributed by atoms with E-state index in [9.17, 15) is 9.90 Å². The van der Waals surface area contributed by atoms with E-state index in [-0.39, 0.29) is 12.2 Å². The highest BCUT2D eigenvalue weighted by Gasteiger charge is 2.16. The third-order valence-corrected chi connectivity index (χ3v) is 2.59. The maximum absolute atomic E-state index is 10.6. The van der Waals surface area contributed by atoms with E-state index < -0.39 is 12.0 Å². The number of hydrogen-bond acceptors (Lipinski definition) is 3. The minimum absolute atomic E-state index is 0.0642. The van der Waals surface area contributed by atoms with Gasteiger partial charge in [0.15, 0.2) is 0 Å². The summed E-state index contributed by atoms with van der Waals surface area (Å²) in [5.41, 5.74) is 6.57. The highest BCUT2D eigenvalue weighted by Crippen LogP contribution is 2.28. The molecule has 5 heteroatoms. The predicted octanol–water partition coefficient (Wildman–Crippen LogP) is 1.56. The van der Waals surface area contributed by atoms with Gasteiger partial charge in [-0.25, -0.2) is 0 Å². The summed E-state index contributed by atoms with van der Waals surface area (Å²) >= 11 is 5.86. The number of carbonyl (C=O) groups is 1. The summed E-state index contributed by atoms with van der Waals surface area (Å²) < 4.78 is 0. The molecule has 0 aliphatic heterocycles. The van der Waals surface area contributed by atoms with Crippen molar-refractivity contribution in [2.75, 3.05) is 0 Å². The van der Waals surface area contributed by atoms with Crippen LogP contribution in [0.3, 0.4) is 0 Å². The first kappa shape index (κ1) is 12.8. The molecule has 1 rings (SSSR count). The largest absolute Gasteiger partial charge is 0.507 e. The Hall–Kier alpha value is -1.26. The number of benzene rings is 1. The van der Waals surface area contributed by atoms with Gasteiger partial charge in [0.1, 0.15) is 11.8 Å². The zero-order valence-electron chi connectivity index (χ0n) is 8.90. The van der Waals surface area contributed by atoms with Crippen molar-refractivity contribution < 1.29 is 15.0 Å². The second-order valence-electron chi connectivity index (χ2n) is 3.58. The Morgan fingerprint density at radius 3 is 2.56 bits per heavy atom. The van der Waals surface area contributed by atoms with Gasteiger partial charge in [0.25, 0.3) is 0 Å². The Bertz CT molecular complexity index is 406. The summed E-state index contributed by atoms with van der Waals surface area (Å²) in [6.07, 6.45) is 0.691. The van der Waals surface area contributed by atoms with Crippen molar-refractivity contribution in [3.63, 3.8) is 0 Å². The third-order valence-electron chi connectivity index (χ3n) is 2.37. The lowest BCUT2D eigenvalue weighted by Crippen LogP contribution is -2.32. The lowest BCUT2D eigenvalue weighted by atomic mass is 10.0. The van der Waals surface area contributed by atoms with Crippen LogP contribution in [-0.2, 0) is 17.6 Å². The van der Waals surface area contributed by atoms with Crippen LogP contribution in [0.4, 0.5) is 0 Å². The highest BCUT2D eigenvalue weighted by atomic mass is 35.5. The van der Waals surface area contributed by atoms with Gasteiger partial charge in [-0.3, -0.25) is 4.79 Å². The van der Waals surface area contributed by atoms with Crippen molar-refractivity contribution in [2.24, 2.45) is 5.73 Å². The number of aliphatic carboxylic acids is 1. The molecular weight excluding hydrogens is 230 g/mol. The number of halogens is 1. The van der Waals surface area contributed by atoms with E-state index in [1.807, 2.05) is 6.92 Å². The zero-order valence-corrected chi connectivity index (χ0v) is 9.66. The molecule has 0 saturated carbocycles.